The van der Waals surface area contributed by atoms with Gasteiger partial charge in [0.1, 0.15) is 11.6 Å². The molecule has 4 atom stereocenters. The molecule has 2 aliphatic heterocycles. The molecule has 0 spiro atoms. The molecule has 0 bridgehead atoms. The minimum atomic E-state index is -0.329. The van der Waals surface area contributed by atoms with Crippen molar-refractivity contribution >= 4 is 5.78 Å². The van der Waals surface area contributed by atoms with Gasteiger partial charge in [-0.05, 0) is 108 Å². The molecule has 1 radical (unpaired) electrons. The molecule has 2 saturated heterocycles. The number of halogens is 1. The lowest BCUT2D eigenvalue weighted by Crippen LogP contribution is -2.47. The Labute approximate surface area is 215 Å². The van der Waals surface area contributed by atoms with Crippen molar-refractivity contribution in [1.82, 2.24) is 14.7 Å². The molecule has 0 aliphatic carbocycles. The number of piperidine rings is 1. The van der Waals surface area contributed by atoms with Crippen molar-refractivity contribution < 1.29 is 14.3 Å². The Morgan fingerprint density at radius 3 is 2.69 bits per heavy atom. The highest BCUT2D eigenvalue weighted by Gasteiger charge is 2.37. The number of phenolic OH excluding ortho intramolecular Hbond substituents is 1. The van der Waals surface area contributed by atoms with Gasteiger partial charge in [-0.25, -0.2) is 4.39 Å². The van der Waals surface area contributed by atoms with Crippen LogP contribution in [0.4, 0.5) is 4.39 Å². The molecule has 0 saturated carbocycles. The van der Waals surface area contributed by atoms with Crippen LogP contribution in [0.3, 0.4) is 0 Å². The lowest BCUT2D eigenvalue weighted by Gasteiger charge is -2.40. The third-order valence-electron chi connectivity index (χ3n) is 8.16. The number of aromatic hydroxyl groups is 1. The Kier molecular flexibility index (Phi) is 8.81. The minimum Gasteiger partial charge on any atom is -0.508 e. The predicted octanol–water partition coefficient (Wildman–Crippen LogP) is 5.09. The van der Waals surface area contributed by atoms with E-state index in [9.17, 15) is 14.3 Å². The first-order valence-electron chi connectivity index (χ1n) is 13.3. The maximum absolute atomic E-state index is 14.4. The van der Waals surface area contributed by atoms with E-state index in [2.05, 4.69) is 42.1 Å². The van der Waals surface area contributed by atoms with Crippen LogP contribution >= 0.6 is 0 Å². The highest BCUT2D eigenvalue weighted by atomic mass is 19.1. The fourth-order valence-electron chi connectivity index (χ4n) is 6.14. The second kappa shape index (κ2) is 11.8. The van der Waals surface area contributed by atoms with Gasteiger partial charge in [-0.3, -0.25) is 14.6 Å². The number of hydrogen-bond acceptors (Lipinski definition) is 5. The van der Waals surface area contributed by atoms with Gasteiger partial charge in [-0.2, -0.15) is 0 Å². The number of rotatable bonds is 9. The normalized spacial score (nSPS) is 24.3. The molecule has 2 aromatic rings. The molecule has 2 aromatic carbocycles. The van der Waals surface area contributed by atoms with E-state index >= 15 is 0 Å². The number of ketones is 1. The molecule has 2 aliphatic rings. The number of benzene rings is 2. The van der Waals surface area contributed by atoms with E-state index in [4.69, 9.17) is 0 Å². The van der Waals surface area contributed by atoms with Crippen molar-refractivity contribution in [2.75, 3.05) is 40.3 Å². The van der Waals surface area contributed by atoms with E-state index in [1.165, 1.54) is 25.0 Å². The lowest BCUT2D eigenvalue weighted by atomic mass is 9.75. The Bertz CT molecular complexity index is 1040. The predicted molar refractivity (Wildman–Crippen MR) is 143 cm³/mol. The molecule has 0 aromatic heterocycles. The SMILES string of the molecule is Cc1c(F)cccc1C1[CH]CN(CCCC(N(C)C)N2CCC[C@H]2C)CC1C(=O)c1cccc(O)c1. The summed E-state index contributed by atoms with van der Waals surface area (Å²) < 4.78 is 14.4. The first-order valence-corrected chi connectivity index (χ1v) is 13.3. The molecule has 5 nitrogen and oxygen atoms in total. The largest absolute Gasteiger partial charge is 0.508 e. The third-order valence-corrected chi connectivity index (χ3v) is 8.16. The molecule has 195 valence electrons. The van der Waals surface area contributed by atoms with Gasteiger partial charge >= 0.3 is 0 Å². The molecule has 3 unspecified atom stereocenters. The van der Waals surface area contributed by atoms with E-state index in [0.29, 0.717) is 29.9 Å². The number of carbonyl (C=O) groups excluding carboxylic acids is 1. The summed E-state index contributed by atoms with van der Waals surface area (Å²) in [5.74, 6) is -0.645. The van der Waals surface area contributed by atoms with E-state index < -0.39 is 0 Å². The fraction of sp³-hybridized carbons (Fsp3) is 0.533. The second-order valence-corrected chi connectivity index (χ2v) is 10.8. The monoisotopic (exact) mass is 494 g/mol. The molecule has 0 amide bonds. The average Bonchev–Trinajstić information content (AvgIpc) is 3.28. The van der Waals surface area contributed by atoms with E-state index in [1.54, 1.807) is 31.2 Å². The van der Waals surface area contributed by atoms with Gasteiger partial charge < -0.3 is 10.0 Å². The van der Waals surface area contributed by atoms with Crippen LogP contribution in [-0.2, 0) is 0 Å². The number of Topliss-reactive ketones (excluding diaryl/α,β-unsaturated/α-hetero) is 1. The number of phenols is 1. The third kappa shape index (κ3) is 5.99. The zero-order valence-electron chi connectivity index (χ0n) is 22.2. The van der Waals surface area contributed by atoms with Gasteiger partial charge in [-0.15, -0.1) is 0 Å². The van der Waals surface area contributed by atoms with E-state index in [0.717, 1.165) is 38.0 Å². The summed E-state index contributed by atoms with van der Waals surface area (Å²) in [6.45, 7) is 7.60. The molecule has 6 heteroatoms. The van der Waals surface area contributed by atoms with Crippen LogP contribution in [0.15, 0.2) is 42.5 Å². The van der Waals surface area contributed by atoms with Gasteiger partial charge in [0.05, 0.1) is 6.17 Å². The van der Waals surface area contributed by atoms with Crippen molar-refractivity contribution in [3.05, 3.63) is 71.4 Å². The zero-order chi connectivity index (χ0) is 25.8. The van der Waals surface area contributed by atoms with Crippen molar-refractivity contribution in [2.45, 2.75) is 57.7 Å². The minimum absolute atomic E-state index is 0.00225. The summed E-state index contributed by atoms with van der Waals surface area (Å²) in [5.41, 5.74) is 1.99. The maximum atomic E-state index is 14.4. The van der Waals surface area contributed by atoms with Gasteiger partial charge in [-0.1, -0.05) is 24.3 Å². The molecule has 4 rings (SSSR count). The maximum Gasteiger partial charge on any atom is 0.167 e. The van der Waals surface area contributed by atoms with Crippen LogP contribution < -0.4 is 0 Å². The Morgan fingerprint density at radius 1 is 1.22 bits per heavy atom. The van der Waals surface area contributed by atoms with Crippen LogP contribution in [-0.4, -0.2) is 78.1 Å². The molecule has 1 N–H and O–H groups in total. The molecular weight excluding hydrogens is 453 g/mol. The Morgan fingerprint density at radius 2 is 2.00 bits per heavy atom. The van der Waals surface area contributed by atoms with Gasteiger partial charge in [0.25, 0.3) is 0 Å². The first-order chi connectivity index (χ1) is 17.3. The standard InChI is InChI=1S/C30H41FN3O2/c1-21-9-7-17-34(21)29(32(3)4)14-8-16-33-18-15-26(25-12-6-13-28(31)22(25)2)27(20-33)30(36)23-10-5-11-24(35)19-23/h5-6,10-13,15,19,21,26-27,29,35H,7-9,14,16-18,20H2,1-4H3/t21-,26?,27?,29?/m1/s1. The lowest BCUT2D eigenvalue weighted by molar-refractivity contribution is 0.0600. The molecule has 36 heavy (non-hydrogen) atoms. The van der Waals surface area contributed by atoms with Gasteiger partial charge in [0.15, 0.2) is 5.78 Å². The van der Waals surface area contributed by atoms with Crippen molar-refractivity contribution in [3.63, 3.8) is 0 Å². The van der Waals surface area contributed by atoms with E-state index in [-0.39, 0.29) is 29.2 Å². The number of likely N-dealkylation sites (tertiary alicyclic amines) is 2. The van der Waals surface area contributed by atoms with Crippen LogP contribution in [0.2, 0.25) is 0 Å². The number of carbonyl (C=O) groups is 1. The number of hydrogen-bond donors (Lipinski definition) is 1. The summed E-state index contributed by atoms with van der Waals surface area (Å²) in [7, 11) is 4.33. The zero-order valence-corrected chi connectivity index (χ0v) is 22.2. The van der Waals surface area contributed by atoms with Crippen LogP contribution in [0.1, 0.15) is 60.0 Å². The van der Waals surface area contributed by atoms with Crippen molar-refractivity contribution in [1.29, 1.82) is 0 Å². The van der Waals surface area contributed by atoms with Crippen molar-refractivity contribution in [3.8, 4) is 5.75 Å². The summed E-state index contributed by atoms with van der Waals surface area (Å²) in [4.78, 5) is 21.0. The van der Waals surface area contributed by atoms with Crippen LogP contribution in [0, 0.1) is 25.1 Å². The Balaban J connectivity index is 1.48. The highest BCUT2D eigenvalue weighted by molar-refractivity contribution is 5.99. The second-order valence-electron chi connectivity index (χ2n) is 10.8. The number of nitrogens with zero attached hydrogens (tertiary/aromatic N) is 3. The first kappa shape index (κ1) is 26.8. The summed E-state index contributed by atoms with van der Waals surface area (Å²) in [5, 5.41) is 9.97. The van der Waals surface area contributed by atoms with Gasteiger partial charge in [0, 0.05) is 30.6 Å². The topological polar surface area (TPSA) is 47.0 Å². The summed E-state index contributed by atoms with van der Waals surface area (Å²) in [6.07, 6.45) is 7.30. The van der Waals surface area contributed by atoms with Crippen LogP contribution in [0.25, 0.3) is 0 Å². The summed E-state index contributed by atoms with van der Waals surface area (Å²) in [6, 6.07) is 12.3. The van der Waals surface area contributed by atoms with Crippen molar-refractivity contribution in [2.24, 2.45) is 5.92 Å². The summed E-state index contributed by atoms with van der Waals surface area (Å²) >= 11 is 0. The van der Waals surface area contributed by atoms with Gasteiger partial charge in [0.2, 0.25) is 0 Å². The average molecular weight is 495 g/mol. The van der Waals surface area contributed by atoms with E-state index in [1.807, 2.05) is 6.07 Å². The quantitative estimate of drug-likeness (QED) is 0.492. The highest BCUT2D eigenvalue weighted by Crippen LogP contribution is 2.37. The molecule has 2 heterocycles. The fourth-order valence-corrected chi connectivity index (χ4v) is 6.14. The molecule has 2 fully saturated rings. The Hall–Kier alpha value is -2.28. The van der Waals surface area contributed by atoms with Crippen LogP contribution in [0.5, 0.6) is 5.75 Å². The molecular formula is C30H41FN3O2. The smallest absolute Gasteiger partial charge is 0.167 e.